The summed E-state index contributed by atoms with van der Waals surface area (Å²) in [5, 5.41) is 6.95. The van der Waals surface area contributed by atoms with Crippen LogP contribution in [0.2, 0.25) is 0 Å². The van der Waals surface area contributed by atoms with Gasteiger partial charge in [0.05, 0.1) is 24.8 Å². The molecule has 11 heteroatoms. The summed E-state index contributed by atoms with van der Waals surface area (Å²) in [5.74, 6) is -3.01. The zero-order chi connectivity index (χ0) is 25.8. The first-order chi connectivity index (χ1) is 17.2. The molecule has 3 amide bonds. The number of piperidine rings is 1. The molecule has 0 radical (unpaired) electrons. The van der Waals surface area contributed by atoms with Gasteiger partial charge in [-0.2, -0.15) is 13.9 Å². The standard InChI is InChI=1S/C25H26F3N5O3/c1-31-21-12-19(8-7-17(21)13-30-31)33(25(36)32-9-3-2-4-10-32)15-18-6-5-16(11-20(18)26)22(34)14-29-24(35)23(27)28/h5-8,11-13,23H,2-4,9-10,14-15H2,1H3,(H,29,35). The molecule has 1 aliphatic rings. The zero-order valence-electron chi connectivity index (χ0n) is 19.7. The van der Waals surface area contributed by atoms with E-state index in [0.29, 0.717) is 18.8 Å². The Hall–Kier alpha value is -3.89. The lowest BCUT2D eigenvalue weighted by Crippen LogP contribution is -2.45. The van der Waals surface area contributed by atoms with Gasteiger partial charge in [0, 0.05) is 42.3 Å². The number of aryl methyl sites for hydroxylation is 1. The number of nitrogens with one attached hydrogen (secondary N) is 1. The van der Waals surface area contributed by atoms with E-state index in [4.69, 9.17) is 0 Å². The fourth-order valence-electron chi connectivity index (χ4n) is 4.19. The maximum Gasteiger partial charge on any atom is 0.324 e. The Labute approximate surface area is 205 Å². The first-order valence-corrected chi connectivity index (χ1v) is 11.6. The lowest BCUT2D eigenvalue weighted by Gasteiger charge is -2.33. The maximum absolute atomic E-state index is 15.1. The number of alkyl halides is 2. The van der Waals surface area contributed by atoms with E-state index < -0.39 is 30.5 Å². The predicted molar refractivity (Wildman–Crippen MR) is 127 cm³/mol. The number of fused-ring (bicyclic) bond motifs is 1. The van der Waals surface area contributed by atoms with Crippen LogP contribution in [0.15, 0.2) is 42.6 Å². The number of likely N-dealkylation sites (tertiary alicyclic amines) is 1. The van der Waals surface area contributed by atoms with Gasteiger partial charge in [0.2, 0.25) is 0 Å². The fourth-order valence-corrected chi connectivity index (χ4v) is 4.19. The topological polar surface area (TPSA) is 87.5 Å². The van der Waals surface area contributed by atoms with Crippen molar-refractivity contribution in [1.29, 1.82) is 0 Å². The summed E-state index contributed by atoms with van der Waals surface area (Å²) in [6.45, 7) is 0.473. The molecular formula is C25H26F3N5O3. The van der Waals surface area contributed by atoms with Gasteiger partial charge in [-0.25, -0.2) is 9.18 Å². The van der Waals surface area contributed by atoms with Crippen molar-refractivity contribution in [2.45, 2.75) is 32.2 Å². The first-order valence-electron chi connectivity index (χ1n) is 11.6. The summed E-state index contributed by atoms with van der Waals surface area (Å²) < 4.78 is 41.4. The van der Waals surface area contributed by atoms with Crippen LogP contribution < -0.4 is 10.2 Å². The van der Waals surface area contributed by atoms with E-state index in [-0.39, 0.29) is 23.7 Å². The van der Waals surface area contributed by atoms with Gasteiger partial charge in [0.15, 0.2) is 5.78 Å². The number of anilines is 1. The van der Waals surface area contributed by atoms with E-state index >= 15 is 4.39 Å². The molecular weight excluding hydrogens is 475 g/mol. The average Bonchev–Trinajstić information content (AvgIpc) is 3.26. The van der Waals surface area contributed by atoms with Crippen molar-refractivity contribution in [2.24, 2.45) is 7.05 Å². The van der Waals surface area contributed by atoms with Crippen molar-refractivity contribution in [3.63, 3.8) is 0 Å². The third-order valence-electron chi connectivity index (χ3n) is 6.23. The van der Waals surface area contributed by atoms with Gasteiger partial charge >= 0.3 is 12.5 Å². The van der Waals surface area contributed by atoms with Crippen molar-refractivity contribution < 1.29 is 27.6 Å². The fraction of sp³-hybridized carbons (Fsp3) is 0.360. The van der Waals surface area contributed by atoms with Crippen molar-refractivity contribution >= 4 is 34.3 Å². The minimum Gasteiger partial charge on any atom is -0.344 e. The Morgan fingerprint density at radius 3 is 2.53 bits per heavy atom. The van der Waals surface area contributed by atoms with Crippen molar-refractivity contribution in [1.82, 2.24) is 20.0 Å². The number of carbonyl (C=O) groups is 3. The number of amides is 3. The molecule has 0 unspecified atom stereocenters. The number of hydrogen-bond donors (Lipinski definition) is 1. The molecule has 190 valence electrons. The summed E-state index contributed by atoms with van der Waals surface area (Å²) in [4.78, 5) is 40.0. The van der Waals surface area contributed by atoms with Gasteiger partial charge in [-0.3, -0.25) is 19.2 Å². The van der Waals surface area contributed by atoms with Crippen molar-refractivity contribution in [2.75, 3.05) is 24.5 Å². The van der Waals surface area contributed by atoms with Gasteiger partial charge in [0.25, 0.3) is 5.91 Å². The van der Waals surface area contributed by atoms with Gasteiger partial charge in [-0.1, -0.05) is 12.1 Å². The zero-order valence-corrected chi connectivity index (χ0v) is 19.7. The third-order valence-corrected chi connectivity index (χ3v) is 6.23. The van der Waals surface area contributed by atoms with Gasteiger partial charge in [-0.05, 0) is 43.5 Å². The number of rotatable bonds is 7. The molecule has 0 spiro atoms. The molecule has 1 saturated heterocycles. The highest BCUT2D eigenvalue weighted by atomic mass is 19.3. The number of halogens is 3. The van der Waals surface area contributed by atoms with Crippen LogP contribution in [0.3, 0.4) is 0 Å². The smallest absolute Gasteiger partial charge is 0.324 e. The quantitative estimate of drug-likeness (QED) is 0.498. The second-order valence-corrected chi connectivity index (χ2v) is 8.68. The van der Waals surface area contributed by atoms with Crippen LogP contribution in [-0.4, -0.2) is 58.5 Å². The van der Waals surface area contributed by atoms with Gasteiger partial charge in [-0.15, -0.1) is 0 Å². The second kappa shape index (κ2) is 10.8. The number of carbonyl (C=O) groups excluding carboxylic acids is 3. The molecule has 0 aliphatic carbocycles. The van der Waals surface area contributed by atoms with E-state index in [1.807, 2.05) is 17.4 Å². The molecule has 36 heavy (non-hydrogen) atoms. The largest absolute Gasteiger partial charge is 0.344 e. The maximum atomic E-state index is 15.1. The van der Waals surface area contributed by atoms with Crippen LogP contribution in [0.4, 0.5) is 23.7 Å². The summed E-state index contributed by atoms with van der Waals surface area (Å²) in [7, 11) is 1.79. The molecule has 1 N–H and O–H groups in total. The Balaban J connectivity index is 1.59. The number of Topliss-reactive ketones (excluding diaryl/α,β-unsaturated/α-hetero) is 1. The molecule has 8 nitrogen and oxygen atoms in total. The highest BCUT2D eigenvalue weighted by Crippen LogP contribution is 2.26. The number of nitrogens with zero attached hydrogens (tertiary/aromatic N) is 4. The summed E-state index contributed by atoms with van der Waals surface area (Å²) in [5.41, 5.74) is 1.50. The normalized spacial score (nSPS) is 13.8. The van der Waals surface area contributed by atoms with Crippen LogP contribution >= 0.6 is 0 Å². The molecule has 2 heterocycles. The molecule has 0 saturated carbocycles. The van der Waals surface area contributed by atoms with E-state index in [9.17, 15) is 23.2 Å². The Kier molecular flexibility index (Phi) is 7.56. The average molecular weight is 502 g/mol. The predicted octanol–water partition coefficient (Wildman–Crippen LogP) is 3.89. The molecule has 1 aliphatic heterocycles. The Morgan fingerprint density at radius 2 is 1.83 bits per heavy atom. The van der Waals surface area contributed by atoms with E-state index in [1.165, 1.54) is 17.0 Å². The molecule has 0 atom stereocenters. The van der Waals surface area contributed by atoms with Gasteiger partial charge < -0.3 is 10.2 Å². The van der Waals surface area contributed by atoms with Crippen LogP contribution in [0.5, 0.6) is 0 Å². The number of aromatic nitrogens is 2. The summed E-state index contributed by atoms with van der Waals surface area (Å²) in [6, 6.07) is 8.93. The first kappa shape index (κ1) is 25.2. The molecule has 4 rings (SSSR count). The molecule has 1 fully saturated rings. The van der Waals surface area contributed by atoms with E-state index in [1.54, 1.807) is 28.9 Å². The molecule has 0 bridgehead atoms. The second-order valence-electron chi connectivity index (χ2n) is 8.68. The third kappa shape index (κ3) is 5.50. The molecule has 3 aromatic rings. The van der Waals surface area contributed by atoms with Crippen LogP contribution in [-0.2, 0) is 18.4 Å². The van der Waals surface area contributed by atoms with Crippen molar-refractivity contribution in [3.8, 4) is 0 Å². The summed E-state index contributed by atoms with van der Waals surface area (Å²) >= 11 is 0. The Morgan fingerprint density at radius 1 is 1.08 bits per heavy atom. The van der Waals surface area contributed by atoms with Crippen LogP contribution in [0.25, 0.3) is 10.9 Å². The molecule has 2 aromatic carbocycles. The number of urea groups is 1. The molecule has 1 aromatic heterocycles. The van der Waals surface area contributed by atoms with E-state index in [2.05, 4.69) is 5.10 Å². The van der Waals surface area contributed by atoms with Crippen molar-refractivity contribution in [3.05, 3.63) is 59.5 Å². The minimum absolute atomic E-state index is 0.0731. The van der Waals surface area contributed by atoms with Crippen LogP contribution in [0, 0.1) is 5.82 Å². The highest BCUT2D eigenvalue weighted by molar-refractivity contribution is 5.99. The lowest BCUT2D eigenvalue weighted by atomic mass is 10.1. The number of ketones is 1. The van der Waals surface area contributed by atoms with Gasteiger partial charge in [0.1, 0.15) is 5.82 Å². The summed E-state index contributed by atoms with van der Waals surface area (Å²) in [6.07, 6.45) is 1.31. The van der Waals surface area contributed by atoms with Crippen LogP contribution in [0.1, 0.15) is 35.2 Å². The Bertz CT molecular complexity index is 1290. The lowest BCUT2D eigenvalue weighted by molar-refractivity contribution is -0.131. The highest BCUT2D eigenvalue weighted by Gasteiger charge is 2.26. The van der Waals surface area contributed by atoms with E-state index in [0.717, 1.165) is 36.2 Å². The number of hydrogen-bond acceptors (Lipinski definition) is 4. The number of benzene rings is 2. The monoisotopic (exact) mass is 501 g/mol. The SMILES string of the molecule is Cn1ncc2ccc(N(Cc3ccc(C(=O)CNC(=O)C(F)F)cc3F)C(=O)N3CCCCC3)cc21. The minimum atomic E-state index is -3.24.